The van der Waals surface area contributed by atoms with Gasteiger partial charge < -0.3 is 24.4 Å². The predicted octanol–water partition coefficient (Wildman–Crippen LogP) is 2.99. The van der Waals surface area contributed by atoms with Crippen LogP contribution in [0, 0.1) is 0 Å². The minimum absolute atomic E-state index is 0.175. The van der Waals surface area contributed by atoms with Crippen molar-refractivity contribution in [1.29, 1.82) is 0 Å². The number of aliphatic hydroxyl groups is 1. The molecule has 1 aromatic rings. The van der Waals surface area contributed by atoms with Crippen LogP contribution in [0.3, 0.4) is 0 Å². The highest BCUT2D eigenvalue weighted by Gasteiger charge is 2.57. The minimum Gasteiger partial charge on any atom is -0.462 e. The molecule has 0 aliphatic carbocycles. The van der Waals surface area contributed by atoms with Gasteiger partial charge in [-0.1, -0.05) is 24.8 Å². The maximum absolute atomic E-state index is 15.5. The van der Waals surface area contributed by atoms with Crippen LogP contribution in [-0.2, 0) is 23.4 Å². The molecule has 0 saturated carbocycles. The maximum atomic E-state index is 15.5. The van der Waals surface area contributed by atoms with E-state index in [2.05, 4.69) is 17.0 Å². The summed E-state index contributed by atoms with van der Waals surface area (Å²) in [5.74, 6) is -0.516. The van der Waals surface area contributed by atoms with Crippen LogP contribution in [0.25, 0.3) is 0 Å². The number of nitrogens with one attached hydrogen (secondary N) is 2. The Morgan fingerprint density at radius 1 is 1.36 bits per heavy atom. The number of benzene rings is 1. The van der Waals surface area contributed by atoms with Gasteiger partial charge in [0.1, 0.15) is 24.0 Å². The molecule has 0 unspecified atom stereocenters. The topological polar surface area (TPSA) is 136 Å². The van der Waals surface area contributed by atoms with Gasteiger partial charge in [-0.3, -0.25) is 14.2 Å². The molecule has 0 bridgehead atoms. The lowest BCUT2D eigenvalue weighted by Crippen LogP contribution is -2.53. The molecule has 36 heavy (non-hydrogen) atoms. The van der Waals surface area contributed by atoms with E-state index in [4.69, 9.17) is 18.5 Å². The van der Waals surface area contributed by atoms with Crippen LogP contribution in [-0.4, -0.2) is 64.9 Å². The maximum Gasteiger partial charge on any atom is 0.459 e. The van der Waals surface area contributed by atoms with Crippen LogP contribution in [0.4, 0.5) is 9.18 Å². The Bertz CT molecular complexity index is 1050. The molecule has 2 amide bonds. The zero-order valence-electron chi connectivity index (χ0n) is 20.4. The van der Waals surface area contributed by atoms with Crippen molar-refractivity contribution >= 4 is 19.7 Å². The highest BCUT2D eigenvalue weighted by atomic mass is 31.2. The van der Waals surface area contributed by atoms with E-state index >= 15 is 4.39 Å². The summed E-state index contributed by atoms with van der Waals surface area (Å²) in [5.41, 5.74) is -2.09. The number of halogens is 1. The zero-order valence-corrected chi connectivity index (χ0v) is 21.3. The van der Waals surface area contributed by atoms with Crippen LogP contribution in [0.15, 0.2) is 54.9 Å². The van der Waals surface area contributed by atoms with Crippen molar-refractivity contribution in [3.05, 3.63) is 54.9 Å². The Balaban J connectivity index is 1.76. The second-order valence-electron chi connectivity index (χ2n) is 8.84. The summed E-state index contributed by atoms with van der Waals surface area (Å²) >= 11 is 0. The van der Waals surface area contributed by atoms with E-state index in [0.29, 0.717) is 5.70 Å². The summed E-state index contributed by atoms with van der Waals surface area (Å²) in [4.78, 5) is 25.5. The number of hydrogen-bond donors (Lipinski definition) is 3. The van der Waals surface area contributed by atoms with Gasteiger partial charge in [0.15, 0.2) is 11.9 Å². The van der Waals surface area contributed by atoms with Gasteiger partial charge in [-0.15, -0.1) is 0 Å². The fourth-order valence-electron chi connectivity index (χ4n) is 3.52. The number of amides is 2. The minimum atomic E-state index is -4.27. The van der Waals surface area contributed by atoms with Gasteiger partial charge in [0.05, 0.1) is 12.7 Å². The van der Waals surface area contributed by atoms with E-state index < -0.39 is 62.6 Å². The molecule has 198 valence electrons. The first-order chi connectivity index (χ1) is 16.8. The number of nitrogens with zero attached hydrogens (tertiary/aromatic N) is 1. The predicted molar refractivity (Wildman–Crippen MR) is 127 cm³/mol. The number of rotatable bonds is 10. The quantitative estimate of drug-likeness (QED) is 0.310. The SMILES string of the molecule is C=C1C=CN([C@@H]2O[C@H](CO[P@@](=O)(N[C@H](C)C(=O)OC(C)C)Oc3ccccc3)[C@@H](O)[C@@]2(C)F)C(=O)N1. The van der Waals surface area contributed by atoms with E-state index in [1.165, 1.54) is 31.3 Å². The highest BCUT2D eigenvalue weighted by Crippen LogP contribution is 2.46. The molecule has 2 aliphatic heterocycles. The third-order valence-corrected chi connectivity index (χ3v) is 6.99. The monoisotopic (exact) mass is 527 g/mol. The lowest BCUT2D eigenvalue weighted by molar-refractivity contribution is -0.149. The molecule has 1 aromatic carbocycles. The molecule has 0 radical (unpaired) electrons. The lowest BCUT2D eigenvalue weighted by atomic mass is 9.98. The van der Waals surface area contributed by atoms with E-state index in [1.54, 1.807) is 32.0 Å². The molecule has 13 heteroatoms. The number of hydrogen-bond acceptors (Lipinski definition) is 8. The summed E-state index contributed by atoms with van der Waals surface area (Å²) in [7, 11) is -4.27. The Morgan fingerprint density at radius 2 is 2.03 bits per heavy atom. The number of ether oxygens (including phenoxy) is 2. The number of alkyl halides is 1. The van der Waals surface area contributed by atoms with Crippen molar-refractivity contribution in [3.63, 3.8) is 0 Å². The number of carbonyl (C=O) groups excluding carboxylic acids is 2. The molecule has 1 fully saturated rings. The smallest absolute Gasteiger partial charge is 0.459 e. The van der Waals surface area contributed by atoms with Gasteiger partial charge in [-0.2, -0.15) is 5.09 Å². The fourth-order valence-corrected chi connectivity index (χ4v) is 5.02. The molecule has 1 saturated heterocycles. The standard InChI is InChI=1S/C23H31FN3O8P/c1-14(2)33-20(29)16(4)26-36(31,35-17-9-7-6-8-10-17)32-13-18-19(28)23(5,24)21(34-18)27-12-11-15(3)25-22(27)30/h6-12,14,16,18-19,21,28H,3,13H2,1-2,4-5H3,(H,25,30)(H,26,31)/t16-,18-,19-,21-,23-,36+/m1/s1. The molecule has 2 heterocycles. The van der Waals surface area contributed by atoms with Crippen molar-refractivity contribution in [2.75, 3.05) is 6.61 Å². The van der Waals surface area contributed by atoms with Gasteiger partial charge >= 0.3 is 19.7 Å². The van der Waals surface area contributed by atoms with Gasteiger partial charge in [0, 0.05) is 11.9 Å². The van der Waals surface area contributed by atoms with Crippen molar-refractivity contribution in [3.8, 4) is 5.75 Å². The third kappa shape index (κ3) is 6.51. The highest BCUT2D eigenvalue weighted by molar-refractivity contribution is 7.52. The molecule has 0 spiro atoms. The summed E-state index contributed by atoms with van der Waals surface area (Å²) < 4.78 is 50.9. The number of para-hydroxylation sites is 1. The van der Waals surface area contributed by atoms with Crippen LogP contribution < -0.4 is 14.9 Å². The molecule has 0 aromatic heterocycles. The summed E-state index contributed by atoms with van der Waals surface area (Å²) in [6.07, 6.45) is -2.26. The van der Waals surface area contributed by atoms with Gasteiger partial charge in [-0.25, -0.2) is 13.8 Å². The molecule has 3 rings (SSSR count). The van der Waals surface area contributed by atoms with Gasteiger partial charge in [0.25, 0.3) is 0 Å². The van der Waals surface area contributed by atoms with E-state index in [-0.39, 0.29) is 5.75 Å². The second-order valence-corrected chi connectivity index (χ2v) is 10.5. The van der Waals surface area contributed by atoms with Crippen LogP contribution in [0.5, 0.6) is 5.75 Å². The van der Waals surface area contributed by atoms with E-state index in [9.17, 15) is 19.3 Å². The van der Waals surface area contributed by atoms with Crippen LogP contribution in [0.2, 0.25) is 0 Å². The number of aliphatic hydroxyl groups excluding tert-OH is 1. The number of allylic oxidation sites excluding steroid dienone is 1. The van der Waals surface area contributed by atoms with Crippen molar-refractivity contribution in [2.24, 2.45) is 0 Å². The Labute approximate surface area is 208 Å². The lowest BCUT2D eigenvalue weighted by Gasteiger charge is -2.33. The first kappa shape index (κ1) is 27.8. The Hall–Kier alpha value is -2.76. The Kier molecular flexibility index (Phi) is 8.58. The molecule has 3 N–H and O–H groups in total. The summed E-state index contributed by atoms with van der Waals surface area (Å²) in [6, 6.07) is 6.28. The zero-order chi connectivity index (χ0) is 26.7. The third-order valence-electron chi connectivity index (χ3n) is 5.34. The van der Waals surface area contributed by atoms with E-state index in [0.717, 1.165) is 11.8 Å². The normalized spacial score (nSPS) is 28.5. The molecule has 11 nitrogen and oxygen atoms in total. The summed E-state index contributed by atoms with van der Waals surface area (Å²) in [6.45, 7) is 8.83. The van der Waals surface area contributed by atoms with E-state index in [1.807, 2.05) is 0 Å². The molecular weight excluding hydrogens is 496 g/mol. The first-order valence-corrected chi connectivity index (χ1v) is 12.8. The first-order valence-electron chi connectivity index (χ1n) is 11.3. The van der Waals surface area contributed by atoms with Gasteiger partial charge in [0.2, 0.25) is 0 Å². The number of urea groups is 1. The number of esters is 1. The Morgan fingerprint density at radius 3 is 2.64 bits per heavy atom. The fraction of sp³-hybridized carbons (Fsp3) is 0.478. The molecule has 2 aliphatic rings. The van der Waals surface area contributed by atoms with Crippen LogP contribution >= 0.6 is 7.75 Å². The summed E-state index contributed by atoms with van der Waals surface area (Å²) in [5, 5.41) is 15.5. The van der Waals surface area contributed by atoms with Crippen molar-refractivity contribution in [1.82, 2.24) is 15.3 Å². The molecule has 6 atom stereocenters. The average molecular weight is 527 g/mol. The second kappa shape index (κ2) is 11.1. The number of carbonyl (C=O) groups is 2. The average Bonchev–Trinajstić information content (AvgIpc) is 3.01. The van der Waals surface area contributed by atoms with Gasteiger partial charge in [-0.05, 0) is 45.9 Å². The van der Waals surface area contributed by atoms with Crippen molar-refractivity contribution < 1.29 is 42.2 Å². The largest absolute Gasteiger partial charge is 0.462 e. The molecular formula is C23H31FN3O8P. The van der Waals surface area contributed by atoms with Crippen molar-refractivity contribution in [2.45, 2.75) is 63.9 Å². The van der Waals surface area contributed by atoms with Crippen LogP contribution in [0.1, 0.15) is 27.7 Å².